The van der Waals surface area contributed by atoms with Crippen molar-refractivity contribution in [3.8, 4) is 0 Å². The molecule has 3 fully saturated rings. The van der Waals surface area contributed by atoms with Gasteiger partial charge in [0.25, 0.3) is 0 Å². The largest absolute Gasteiger partial charge is 0.352 e. The molecule has 0 aromatic heterocycles. The van der Waals surface area contributed by atoms with Crippen LogP contribution in [0.15, 0.2) is 0 Å². The maximum Gasteiger partial charge on any atom is 0.315 e. The molecule has 124 valence electrons. The van der Waals surface area contributed by atoms with E-state index >= 15 is 0 Å². The minimum Gasteiger partial charge on any atom is -0.352 e. The van der Waals surface area contributed by atoms with E-state index in [2.05, 4.69) is 21.3 Å². The fourth-order valence-electron chi connectivity index (χ4n) is 3.55. The lowest BCUT2D eigenvalue weighted by Gasteiger charge is -2.23. The Morgan fingerprint density at radius 3 is 3.05 bits per heavy atom. The van der Waals surface area contributed by atoms with Crippen molar-refractivity contribution in [1.82, 2.24) is 21.3 Å². The summed E-state index contributed by atoms with van der Waals surface area (Å²) in [4.78, 5) is 23.2. The molecule has 3 rings (SSSR count). The van der Waals surface area contributed by atoms with Gasteiger partial charge < -0.3 is 21.3 Å². The van der Waals surface area contributed by atoms with Gasteiger partial charge in [-0.15, -0.1) is 0 Å². The number of hydrogen-bond acceptors (Lipinski definition) is 4. The van der Waals surface area contributed by atoms with Crippen LogP contribution >= 0.6 is 11.8 Å². The summed E-state index contributed by atoms with van der Waals surface area (Å²) in [6, 6.07) is 0.859. The molecule has 4 N–H and O–H groups in total. The van der Waals surface area contributed by atoms with Crippen LogP contribution in [0.5, 0.6) is 0 Å². The number of nitrogens with one attached hydrogen (secondary N) is 4. The van der Waals surface area contributed by atoms with E-state index in [1.165, 1.54) is 0 Å². The van der Waals surface area contributed by atoms with E-state index in [0.29, 0.717) is 23.8 Å². The Balaban J connectivity index is 1.29. The number of carbonyl (C=O) groups excluding carboxylic acids is 2. The van der Waals surface area contributed by atoms with Gasteiger partial charge in [-0.1, -0.05) is 6.42 Å². The number of amides is 3. The number of fused-ring (bicyclic) bond motifs is 1. The second kappa shape index (κ2) is 7.55. The number of carbonyl (C=O) groups is 2. The lowest BCUT2D eigenvalue weighted by atomic mass is 10.0. The standard InChI is InChI=1S/C15H26N4O2S/c20-13(17-10-4-3-7-16-8-10)6-2-1-5-12-14-11(9-22-12)18-15(21)19-14/h10-12,14,16H,1-9H2,(H,17,20)(H2,18,19,21)/t10-,11+,12+,14+/m1/s1. The molecule has 6 nitrogen and oxygen atoms in total. The van der Waals surface area contributed by atoms with E-state index in [-0.39, 0.29) is 18.0 Å². The van der Waals surface area contributed by atoms with Crippen molar-refractivity contribution < 1.29 is 9.59 Å². The highest BCUT2D eigenvalue weighted by Crippen LogP contribution is 2.33. The minimum absolute atomic E-state index is 0.0271. The van der Waals surface area contributed by atoms with Crippen LogP contribution in [-0.4, -0.2) is 54.2 Å². The van der Waals surface area contributed by atoms with Gasteiger partial charge in [-0.05, 0) is 32.2 Å². The first-order valence-electron chi connectivity index (χ1n) is 8.41. The van der Waals surface area contributed by atoms with Crippen LogP contribution < -0.4 is 21.3 Å². The van der Waals surface area contributed by atoms with E-state index in [1.54, 1.807) is 0 Å². The highest BCUT2D eigenvalue weighted by Gasteiger charge is 2.42. The van der Waals surface area contributed by atoms with E-state index < -0.39 is 0 Å². The Labute approximate surface area is 135 Å². The molecule has 0 radical (unpaired) electrons. The van der Waals surface area contributed by atoms with Gasteiger partial charge in [0.1, 0.15) is 0 Å². The number of urea groups is 1. The molecule has 7 heteroatoms. The molecule has 0 unspecified atom stereocenters. The molecule has 22 heavy (non-hydrogen) atoms. The predicted molar refractivity (Wildman–Crippen MR) is 88.0 cm³/mol. The zero-order valence-electron chi connectivity index (χ0n) is 12.9. The van der Waals surface area contributed by atoms with Crippen molar-refractivity contribution in [1.29, 1.82) is 0 Å². The van der Waals surface area contributed by atoms with Gasteiger partial charge in [-0.2, -0.15) is 11.8 Å². The molecule has 3 saturated heterocycles. The maximum atomic E-state index is 11.9. The van der Waals surface area contributed by atoms with Crippen molar-refractivity contribution in [3.05, 3.63) is 0 Å². The van der Waals surface area contributed by atoms with Crippen molar-refractivity contribution in [3.63, 3.8) is 0 Å². The third-order valence-corrected chi connectivity index (χ3v) is 6.25. The molecule has 0 aromatic carbocycles. The predicted octanol–water partition coefficient (Wildman–Crippen LogP) is 0.580. The van der Waals surface area contributed by atoms with Crippen molar-refractivity contribution in [2.45, 2.75) is 61.9 Å². The van der Waals surface area contributed by atoms with E-state index in [4.69, 9.17) is 0 Å². The normalized spacial score (nSPS) is 33.9. The molecular weight excluding hydrogens is 300 g/mol. The molecule has 0 saturated carbocycles. The van der Waals surface area contributed by atoms with E-state index in [1.807, 2.05) is 11.8 Å². The molecule has 0 spiro atoms. The fraction of sp³-hybridized carbons (Fsp3) is 0.867. The monoisotopic (exact) mass is 326 g/mol. The summed E-state index contributed by atoms with van der Waals surface area (Å²) in [5.41, 5.74) is 0. The summed E-state index contributed by atoms with van der Waals surface area (Å²) >= 11 is 1.94. The van der Waals surface area contributed by atoms with Crippen LogP contribution in [0.3, 0.4) is 0 Å². The van der Waals surface area contributed by atoms with Gasteiger partial charge in [-0.3, -0.25) is 4.79 Å². The summed E-state index contributed by atoms with van der Waals surface area (Å²) in [6.45, 7) is 1.97. The molecule has 3 aliphatic heterocycles. The highest BCUT2D eigenvalue weighted by molar-refractivity contribution is 8.00. The Kier molecular flexibility index (Phi) is 5.46. The van der Waals surface area contributed by atoms with Crippen LogP contribution in [0.1, 0.15) is 38.5 Å². The van der Waals surface area contributed by atoms with Crippen molar-refractivity contribution in [2.24, 2.45) is 0 Å². The Morgan fingerprint density at radius 2 is 2.23 bits per heavy atom. The van der Waals surface area contributed by atoms with Crippen LogP contribution in [0, 0.1) is 0 Å². The fourth-order valence-corrected chi connectivity index (χ4v) is 5.09. The van der Waals surface area contributed by atoms with Crippen LogP contribution in [-0.2, 0) is 4.79 Å². The SMILES string of the molecule is O=C(CCCC[C@@H]1SC[C@@H]2NC(=O)N[C@@H]21)N[C@@H]1CCCNC1. The molecule has 3 aliphatic rings. The first-order valence-corrected chi connectivity index (χ1v) is 9.46. The minimum atomic E-state index is -0.0271. The number of unbranched alkanes of at least 4 members (excludes halogenated alkanes) is 1. The van der Waals surface area contributed by atoms with Crippen molar-refractivity contribution >= 4 is 23.7 Å². The summed E-state index contributed by atoms with van der Waals surface area (Å²) < 4.78 is 0. The number of rotatable bonds is 6. The van der Waals surface area contributed by atoms with Gasteiger partial charge in [0, 0.05) is 30.0 Å². The van der Waals surface area contributed by atoms with E-state index in [9.17, 15) is 9.59 Å². The quantitative estimate of drug-likeness (QED) is 0.425. The molecule has 3 heterocycles. The molecule has 0 bridgehead atoms. The summed E-state index contributed by atoms with van der Waals surface area (Å²) in [7, 11) is 0. The molecule has 0 aromatic rings. The zero-order chi connectivity index (χ0) is 15.4. The average Bonchev–Trinajstić information content (AvgIpc) is 3.04. The molecular formula is C15H26N4O2S. The topological polar surface area (TPSA) is 82.3 Å². The maximum absolute atomic E-state index is 11.9. The second-order valence-corrected chi connectivity index (χ2v) is 7.75. The molecule has 3 amide bonds. The number of hydrogen-bond donors (Lipinski definition) is 4. The summed E-state index contributed by atoms with van der Waals surface area (Å²) in [5, 5.41) is 12.9. The van der Waals surface area contributed by atoms with Crippen LogP contribution in [0.2, 0.25) is 0 Å². The third-order valence-electron chi connectivity index (χ3n) is 4.74. The Hall–Kier alpha value is -0.950. The van der Waals surface area contributed by atoms with Gasteiger partial charge in [0.2, 0.25) is 5.91 Å². The van der Waals surface area contributed by atoms with Gasteiger partial charge >= 0.3 is 6.03 Å². The molecule has 4 atom stereocenters. The lowest BCUT2D eigenvalue weighted by molar-refractivity contribution is -0.122. The van der Waals surface area contributed by atoms with Gasteiger partial charge in [0.15, 0.2) is 0 Å². The number of piperidine rings is 1. The Bertz CT molecular complexity index is 414. The van der Waals surface area contributed by atoms with E-state index in [0.717, 1.165) is 50.9 Å². The van der Waals surface area contributed by atoms with Crippen LogP contribution in [0.4, 0.5) is 4.79 Å². The second-order valence-electron chi connectivity index (χ2n) is 6.48. The smallest absolute Gasteiger partial charge is 0.315 e. The summed E-state index contributed by atoms with van der Waals surface area (Å²) in [5.74, 6) is 1.19. The lowest BCUT2D eigenvalue weighted by Crippen LogP contribution is -2.45. The third kappa shape index (κ3) is 4.07. The van der Waals surface area contributed by atoms with Crippen molar-refractivity contribution in [2.75, 3.05) is 18.8 Å². The zero-order valence-corrected chi connectivity index (χ0v) is 13.7. The Morgan fingerprint density at radius 1 is 1.32 bits per heavy atom. The average molecular weight is 326 g/mol. The summed E-state index contributed by atoms with van der Waals surface area (Å²) in [6.07, 6.45) is 5.91. The van der Waals surface area contributed by atoms with Gasteiger partial charge in [0.05, 0.1) is 12.1 Å². The highest BCUT2D eigenvalue weighted by atomic mass is 32.2. The number of thioether (sulfide) groups is 1. The first-order chi connectivity index (χ1) is 10.7. The van der Waals surface area contributed by atoms with Gasteiger partial charge in [-0.25, -0.2) is 4.79 Å². The first kappa shape index (κ1) is 15.9. The molecule has 0 aliphatic carbocycles. The van der Waals surface area contributed by atoms with Crippen LogP contribution in [0.25, 0.3) is 0 Å².